The fourth-order valence-corrected chi connectivity index (χ4v) is 1.92. The van der Waals surface area contributed by atoms with E-state index in [1.54, 1.807) is 0 Å². The van der Waals surface area contributed by atoms with Crippen LogP contribution in [0.25, 0.3) is 0 Å². The molecule has 0 aliphatic heterocycles. The van der Waals surface area contributed by atoms with E-state index in [2.05, 4.69) is 28.0 Å². The van der Waals surface area contributed by atoms with Gasteiger partial charge in [0.15, 0.2) is 0 Å². The maximum Gasteiger partial charge on any atom is 0.115 e. The lowest BCUT2D eigenvalue weighted by atomic mass is 10.2. The molecule has 120 valence electrons. The number of azo groups is 1. The maximum atomic E-state index is 4.37. The fourth-order valence-electron chi connectivity index (χ4n) is 1.92. The summed E-state index contributed by atoms with van der Waals surface area (Å²) in [6, 6.07) is 16.0. The average molecular weight is 310 g/mol. The molecule has 0 aromatic heterocycles. The van der Waals surface area contributed by atoms with Gasteiger partial charge in [-0.25, -0.2) is 10.4 Å². The Bertz CT molecular complexity index is 644. The first-order valence-electron chi connectivity index (χ1n) is 7.25. The standard InChI is InChI=1S/C16H21N5.C2H2/c1-17-21(4)16-8-6-5-7-15(16)19-18-13-9-11-14(12-10-13)20(2)3;1-2/h5-12,17H,1-4H3;1-2H/p+1. The first-order chi connectivity index (χ1) is 11.1. The summed E-state index contributed by atoms with van der Waals surface area (Å²) in [5.74, 6) is 0. The van der Waals surface area contributed by atoms with Crippen molar-refractivity contribution < 1.29 is 5.43 Å². The van der Waals surface area contributed by atoms with Gasteiger partial charge in [-0.3, -0.25) is 0 Å². The molecule has 2 aromatic rings. The molecule has 0 fully saturated rings. The van der Waals surface area contributed by atoms with Crippen molar-refractivity contribution in [3.05, 3.63) is 48.5 Å². The third-order valence-electron chi connectivity index (χ3n) is 3.29. The van der Waals surface area contributed by atoms with Crippen LogP contribution in [0, 0.1) is 12.8 Å². The van der Waals surface area contributed by atoms with Crippen LogP contribution in [0.3, 0.4) is 0 Å². The Hall–Kier alpha value is -2.84. The molecule has 0 unspecified atom stereocenters. The molecule has 2 N–H and O–H groups in total. The molecule has 0 aliphatic carbocycles. The van der Waals surface area contributed by atoms with Crippen molar-refractivity contribution in [3.63, 3.8) is 0 Å². The van der Waals surface area contributed by atoms with E-state index >= 15 is 0 Å². The number of nitrogens with zero attached hydrogens (tertiary/aromatic N) is 4. The predicted octanol–water partition coefficient (Wildman–Crippen LogP) is 2.96. The number of terminal acetylenes is 1. The number of hydrogen-bond donors (Lipinski definition) is 1. The van der Waals surface area contributed by atoms with E-state index in [0.29, 0.717) is 0 Å². The molecule has 0 atom stereocenters. The number of nitrogens with two attached hydrogens (primary N) is 1. The van der Waals surface area contributed by atoms with E-state index in [1.807, 2.05) is 87.2 Å². The van der Waals surface area contributed by atoms with Gasteiger partial charge in [-0.2, -0.15) is 5.11 Å². The molecule has 0 saturated heterocycles. The van der Waals surface area contributed by atoms with Crippen molar-refractivity contribution in [3.8, 4) is 12.8 Å². The lowest BCUT2D eigenvalue weighted by Gasteiger charge is -2.15. The Balaban J connectivity index is 0.00000127. The summed E-state index contributed by atoms with van der Waals surface area (Å²) in [6.45, 7) is 0. The molecule has 0 amide bonds. The van der Waals surface area contributed by atoms with Gasteiger partial charge < -0.3 is 4.90 Å². The summed E-state index contributed by atoms with van der Waals surface area (Å²) in [5.41, 5.74) is 5.89. The van der Waals surface area contributed by atoms with Crippen molar-refractivity contribution in [2.75, 3.05) is 38.1 Å². The van der Waals surface area contributed by atoms with E-state index < -0.39 is 0 Å². The molecule has 2 rings (SSSR count). The second-order valence-corrected chi connectivity index (χ2v) is 4.97. The van der Waals surface area contributed by atoms with Crippen LogP contribution in [-0.4, -0.2) is 28.2 Å². The number of benzene rings is 2. The lowest BCUT2D eigenvalue weighted by molar-refractivity contribution is -0.636. The van der Waals surface area contributed by atoms with Crippen molar-refractivity contribution in [1.29, 1.82) is 0 Å². The third kappa shape index (κ3) is 5.13. The zero-order valence-corrected chi connectivity index (χ0v) is 14.1. The third-order valence-corrected chi connectivity index (χ3v) is 3.29. The Morgan fingerprint density at radius 3 is 2.04 bits per heavy atom. The molecule has 0 bridgehead atoms. The zero-order chi connectivity index (χ0) is 17.2. The van der Waals surface area contributed by atoms with Crippen molar-refractivity contribution in [2.24, 2.45) is 10.2 Å². The smallest absolute Gasteiger partial charge is 0.115 e. The van der Waals surface area contributed by atoms with E-state index in [4.69, 9.17) is 0 Å². The fraction of sp³-hybridized carbons (Fsp3) is 0.222. The van der Waals surface area contributed by atoms with Crippen molar-refractivity contribution >= 4 is 22.7 Å². The Morgan fingerprint density at radius 1 is 0.870 bits per heavy atom. The summed E-state index contributed by atoms with van der Waals surface area (Å²) in [5, 5.41) is 10.7. The number of hydrogen-bond acceptors (Lipinski definition) is 4. The highest BCUT2D eigenvalue weighted by Crippen LogP contribution is 2.28. The van der Waals surface area contributed by atoms with Gasteiger partial charge in [0.25, 0.3) is 0 Å². The van der Waals surface area contributed by atoms with Gasteiger partial charge >= 0.3 is 0 Å². The molecule has 5 heteroatoms. The van der Waals surface area contributed by atoms with Gasteiger partial charge in [-0.1, -0.05) is 12.1 Å². The van der Waals surface area contributed by atoms with Gasteiger partial charge in [0.2, 0.25) is 0 Å². The van der Waals surface area contributed by atoms with Crippen molar-refractivity contribution in [2.45, 2.75) is 0 Å². The molecule has 23 heavy (non-hydrogen) atoms. The molecule has 0 aliphatic rings. The van der Waals surface area contributed by atoms with Crippen LogP contribution < -0.4 is 15.3 Å². The second-order valence-electron chi connectivity index (χ2n) is 4.97. The molecule has 0 heterocycles. The van der Waals surface area contributed by atoms with E-state index in [-0.39, 0.29) is 0 Å². The van der Waals surface area contributed by atoms with Gasteiger partial charge in [-0.15, -0.1) is 18.0 Å². The van der Waals surface area contributed by atoms with E-state index in [0.717, 1.165) is 22.7 Å². The minimum Gasteiger partial charge on any atom is -0.378 e. The van der Waals surface area contributed by atoms with Crippen LogP contribution in [0.4, 0.5) is 22.7 Å². The highest BCUT2D eigenvalue weighted by molar-refractivity contribution is 5.64. The summed E-state index contributed by atoms with van der Waals surface area (Å²) >= 11 is 0. The number of quaternary nitrogens is 1. The minimum atomic E-state index is 0.846. The van der Waals surface area contributed by atoms with Gasteiger partial charge in [0.05, 0.1) is 19.8 Å². The van der Waals surface area contributed by atoms with Gasteiger partial charge in [0, 0.05) is 19.8 Å². The summed E-state index contributed by atoms with van der Waals surface area (Å²) in [6.07, 6.45) is 8.00. The average Bonchev–Trinajstić information content (AvgIpc) is 2.61. The molecule has 2 aromatic carbocycles. The summed E-state index contributed by atoms with van der Waals surface area (Å²) in [4.78, 5) is 2.06. The number of anilines is 2. The van der Waals surface area contributed by atoms with Gasteiger partial charge in [0.1, 0.15) is 11.4 Å². The Kier molecular flexibility index (Phi) is 7.31. The second kappa shape index (κ2) is 9.23. The molecule has 0 radical (unpaired) electrons. The highest BCUT2D eigenvalue weighted by Gasteiger charge is 2.06. The Labute approximate surface area is 138 Å². The van der Waals surface area contributed by atoms with E-state index in [9.17, 15) is 0 Å². The first kappa shape index (κ1) is 18.2. The molecular weight excluding hydrogens is 286 g/mol. The summed E-state index contributed by atoms with van der Waals surface area (Å²) < 4.78 is 0. The molecular formula is C18H24N5+. The van der Waals surface area contributed by atoms with Crippen LogP contribution in [0.1, 0.15) is 0 Å². The van der Waals surface area contributed by atoms with Crippen LogP contribution in [0.2, 0.25) is 0 Å². The maximum absolute atomic E-state index is 4.37. The SMILES string of the molecule is C#C.C[NH2+]N(C)c1ccccc1N=Nc1ccc(N(C)C)cc1. The van der Waals surface area contributed by atoms with Gasteiger partial charge in [-0.05, 0) is 36.4 Å². The molecule has 0 spiro atoms. The normalized spacial score (nSPS) is 10.0. The van der Waals surface area contributed by atoms with Crippen LogP contribution >= 0.6 is 0 Å². The molecule has 0 saturated carbocycles. The zero-order valence-electron chi connectivity index (χ0n) is 14.1. The largest absolute Gasteiger partial charge is 0.378 e. The monoisotopic (exact) mass is 310 g/mol. The lowest BCUT2D eigenvalue weighted by Crippen LogP contribution is -2.90. The quantitative estimate of drug-likeness (QED) is 0.399. The van der Waals surface area contributed by atoms with E-state index in [1.165, 1.54) is 0 Å². The molecule has 5 nitrogen and oxygen atoms in total. The number of rotatable bonds is 5. The minimum absolute atomic E-state index is 0.846. The van der Waals surface area contributed by atoms with Crippen LogP contribution in [0.15, 0.2) is 58.8 Å². The summed E-state index contributed by atoms with van der Waals surface area (Å²) in [7, 11) is 8.03. The first-order valence-corrected chi connectivity index (χ1v) is 7.25. The highest BCUT2D eigenvalue weighted by atomic mass is 15.5. The topological polar surface area (TPSA) is 47.8 Å². The predicted molar refractivity (Wildman–Crippen MR) is 97.5 cm³/mol. The van der Waals surface area contributed by atoms with Crippen LogP contribution in [0.5, 0.6) is 0 Å². The Morgan fingerprint density at radius 2 is 1.48 bits per heavy atom. The van der Waals surface area contributed by atoms with Crippen molar-refractivity contribution in [1.82, 2.24) is 0 Å². The number of para-hydroxylation sites is 1. The van der Waals surface area contributed by atoms with Crippen LogP contribution in [-0.2, 0) is 0 Å².